The highest BCUT2D eigenvalue weighted by atomic mass is 35.5. The normalized spacial score (nSPS) is 10.4. The third kappa shape index (κ3) is 1.88. The van der Waals surface area contributed by atoms with Gasteiger partial charge in [-0.3, -0.25) is 14.6 Å². The molecule has 1 aromatic heterocycles. The highest BCUT2D eigenvalue weighted by Crippen LogP contribution is 2.03. The zero-order valence-electron chi connectivity index (χ0n) is 7.40. The van der Waals surface area contributed by atoms with Gasteiger partial charge in [-0.2, -0.15) is 0 Å². The third-order valence-corrected chi connectivity index (χ3v) is 2.20. The first-order valence-corrected chi connectivity index (χ1v) is 4.62. The van der Waals surface area contributed by atoms with Gasteiger partial charge in [0.15, 0.2) is 0 Å². The predicted molar refractivity (Wildman–Crippen MR) is 55.6 cm³/mol. The van der Waals surface area contributed by atoms with Crippen LogP contribution in [0.5, 0.6) is 0 Å². The largest absolute Gasteiger partial charge is 0.286 e. The van der Waals surface area contributed by atoms with Crippen molar-refractivity contribution in [3.05, 3.63) is 57.5 Å². The van der Waals surface area contributed by atoms with Gasteiger partial charge in [0.2, 0.25) is 0 Å². The third-order valence-electron chi connectivity index (χ3n) is 1.93. The molecule has 4 heteroatoms. The van der Waals surface area contributed by atoms with Crippen molar-refractivity contribution >= 4 is 11.6 Å². The zero-order chi connectivity index (χ0) is 9.97. The van der Waals surface area contributed by atoms with Crippen molar-refractivity contribution in [1.82, 2.24) is 9.78 Å². The fraction of sp³-hybridized carbons (Fsp3) is 0.100. The molecule has 2 rings (SSSR count). The van der Waals surface area contributed by atoms with E-state index in [1.54, 1.807) is 10.9 Å². The minimum Gasteiger partial charge on any atom is -0.286 e. The van der Waals surface area contributed by atoms with Crippen molar-refractivity contribution in [3.8, 4) is 0 Å². The molecule has 0 aliphatic heterocycles. The Morgan fingerprint density at radius 1 is 1.29 bits per heavy atom. The standard InChI is InChI=1S/C10H9ClN2O/c11-9-7-13(12-10(9)14)6-8-4-2-1-3-5-8/h1-5,7H,6H2,(H,12,14). The van der Waals surface area contributed by atoms with Crippen LogP contribution in [0.4, 0.5) is 0 Å². The van der Waals surface area contributed by atoms with Gasteiger partial charge < -0.3 is 0 Å². The van der Waals surface area contributed by atoms with Gasteiger partial charge >= 0.3 is 0 Å². The summed E-state index contributed by atoms with van der Waals surface area (Å²) in [6.45, 7) is 0.628. The molecule has 3 nitrogen and oxygen atoms in total. The number of aromatic amines is 1. The first-order valence-electron chi connectivity index (χ1n) is 4.24. The summed E-state index contributed by atoms with van der Waals surface area (Å²) in [5.41, 5.74) is 0.873. The molecule has 0 spiro atoms. The fourth-order valence-electron chi connectivity index (χ4n) is 1.28. The summed E-state index contributed by atoms with van der Waals surface area (Å²) in [4.78, 5) is 11.0. The van der Waals surface area contributed by atoms with E-state index >= 15 is 0 Å². The van der Waals surface area contributed by atoms with Crippen LogP contribution in [0.25, 0.3) is 0 Å². The van der Waals surface area contributed by atoms with Crippen LogP contribution in [-0.2, 0) is 6.54 Å². The van der Waals surface area contributed by atoms with Gasteiger partial charge in [-0.1, -0.05) is 41.9 Å². The molecule has 1 N–H and O–H groups in total. The molecule has 1 heterocycles. The second-order valence-electron chi connectivity index (χ2n) is 3.03. The van der Waals surface area contributed by atoms with Gasteiger partial charge in [0.25, 0.3) is 5.56 Å². The van der Waals surface area contributed by atoms with Crippen LogP contribution in [0, 0.1) is 0 Å². The predicted octanol–water partition coefficient (Wildman–Crippen LogP) is 1.88. The van der Waals surface area contributed by atoms with Crippen LogP contribution in [0.3, 0.4) is 0 Å². The lowest BCUT2D eigenvalue weighted by molar-refractivity contribution is 0.679. The van der Waals surface area contributed by atoms with E-state index < -0.39 is 0 Å². The Bertz CT molecular complexity index is 472. The van der Waals surface area contributed by atoms with E-state index in [2.05, 4.69) is 5.10 Å². The number of halogens is 1. The molecule has 0 unspecified atom stereocenters. The number of H-pyrrole nitrogens is 1. The minimum atomic E-state index is -0.248. The van der Waals surface area contributed by atoms with Crippen LogP contribution in [0.15, 0.2) is 41.3 Å². The SMILES string of the molecule is O=c1[nH]n(Cc2ccccc2)cc1Cl. The molecule has 14 heavy (non-hydrogen) atoms. The van der Waals surface area contributed by atoms with Crippen LogP contribution in [0.1, 0.15) is 5.56 Å². The van der Waals surface area contributed by atoms with E-state index in [1.807, 2.05) is 30.3 Å². The van der Waals surface area contributed by atoms with Gasteiger partial charge in [0.05, 0.1) is 6.54 Å². The van der Waals surface area contributed by atoms with E-state index in [4.69, 9.17) is 11.6 Å². The van der Waals surface area contributed by atoms with Crippen LogP contribution < -0.4 is 5.56 Å². The molecule has 0 atom stereocenters. The molecule has 0 saturated carbocycles. The average Bonchev–Trinajstić information content (AvgIpc) is 2.47. The van der Waals surface area contributed by atoms with Gasteiger partial charge in [-0.15, -0.1) is 0 Å². The van der Waals surface area contributed by atoms with Gasteiger partial charge in [-0.05, 0) is 5.56 Å². The molecule has 0 bridgehead atoms. The molecular weight excluding hydrogens is 200 g/mol. The molecular formula is C10H9ClN2O. The molecule has 72 valence electrons. The average molecular weight is 209 g/mol. The number of benzene rings is 1. The number of aromatic nitrogens is 2. The summed E-state index contributed by atoms with van der Waals surface area (Å²) in [7, 11) is 0. The molecule has 0 radical (unpaired) electrons. The van der Waals surface area contributed by atoms with Crippen molar-refractivity contribution in [2.75, 3.05) is 0 Å². The van der Waals surface area contributed by atoms with Crippen LogP contribution in [0.2, 0.25) is 5.02 Å². The van der Waals surface area contributed by atoms with Crippen molar-refractivity contribution in [1.29, 1.82) is 0 Å². The lowest BCUT2D eigenvalue weighted by atomic mass is 10.2. The van der Waals surface area contributed by atoms with Crippen molar-refractivity contribution in [2.24, 2.45) is 0 Å². The van der Waals surface area contributed by atoms with Crippen molar-refractivity contribution < 1.29 is 0 Å². The van der Waals surface area contributed by atoms with Gasteiger partial charge in [0.1, 0.15) is 5.02 Å². The molecule has 0 saturated heterocycles. The van der Waals surface area contributed by atoms with Crippen LogP contribution in [-0.4, -0.2) is 9.78 Å². The van der Waals surface area contributed by atoms with E-state index in [-0.39, 0.29) is 10.6 Å². The quantitative estimate of drug-likeness (QED) is 0.804. The van der Waals surface area contributed by atoms with Crippen LogP contribution >= 0.6 is 11.6 Å². The summed E-state index contributed by atoms with van der Waals surface area (Å²) in [5.74, 6) is 0. The molecule has 1 aromatic carbocycles. The second-order valence-corrected chi connectivity index (χ2v) is 3.44. The smallest absolute Gasteiger partial charge is 0.282 e. The number of nitrogens with zero attached hydrogens (tertiary/aromatic N) is 1. The van der Waals surface area contributed by atoms with E-state index in [0.717, 1.165) is 5.56 Å². The van der Waals surface area contributed by atoms with Crippen molar-refractivity contribution in [3.63, 3.8) is 0 Å². The lowest BCUT2D eigenvalue weighted by Crippen LogP contribution is -2.06. The molecule has 2 aromatic rings. The number of rotatable bonds is 2. The van der Waals surface area contributed by atoms with Gasteiger partial charge in [0, 0.05) is 6.20 Å². The number of hydrogen-bond donors (Lipinski definition) is 1. The Kier molecular flexibility index (Phi) is 2.41. The minimum absolute atomic E-state index is 0.223. The lowest BCUT2D eigenvalue weighted by Gasteiger charge is -2.00. The van der Waals surface area contributed by atoms with Crippen molar-refractivity contribution in [2.45, 2.75) is 6.54 Å². The van der Waals surface area contributed by atoms with E-state index in [9.17, 15) is 4.79 Å². The number of hydrogen-bond acceptors (Lipinski definition) is 1. The maximum absolute atomic E-state index is 11.0. The van der Waals surface area contributed by atoms with E-state index in [1.165, 1.54) is 0 Å². The maximum Gasteiger partial charge on any atom is 0.282 e. The molecule has 0 aliphatic rings. The maximum atomic E-state index is 11.0. The van der Waals surface area contributed by atoms with E-state index in [0.29, 0.717) is 6.54 Å². The number of nitrogens with one attached hydrogen (secondary N) is 1. The summed E-state index contributed by atoms with van der Waals surface area (Å²) >= 11 is 5.63. The Labute approximate surface area is 85.9 Å². The summed E-state index contributed by atoms with van der Waals surface area (Å²) < 4.78 is 1.67. The Morgan fingerprint density at radius 3 is 2.57 bits per heavy atom. The topological polar surface area (TPSA) is 37.8 Å². The monoisotopic (exact) mass is 208 g/mol. The Balaban J connectivity index is 2.23. The zero-order valence-corrected chi connectivity index (χ0v) is 8.16. The fourth-order valence-corrected chi connectivity index (χ4v) is 1.44. The Morgan fingerprint density at radius 2 is 2.00 bits per heavy atom. The highest BCUT2D eigenvalue weighted by molar-refractivity contribution is 6.30. The van der Waals surface area contributed by atoms with Gasteiger partial charge in [-0.25, -0.2) is 0 Å². The molecule has 0 fully saturated rings. The first-order chi connectivity index (χ1) is 6.75. The summed E-state index contributed by atoms with van der Waals surface area (Å²) in [6.07, 6.45) is 1.59. The Hall–Kier alpha value is -1.48. The second kappa shape index (κ2) is 3.72. The first kappa shape index (κ1) is 9.09. The molecule has 0 aliphatic carbocycles. The summed E-state index contributed by atoms with van der Waals surface area (Å²) in [5, 5.41) is 2.85. The molecule has 0 amide bonds. The highest BCUT2D eigenvalue weighted by Gasteiger charge is 2.00. The summed E-state index contributed by atoms with van der Waals surface area (Å²) in [6, 6.07) is 9.85.